The number of aryl methyl sites for hydroxylation is 1. The first-order valence-electron chi connectivity index (χ1n) is 5.78. The standard InChI is InChI=1S/C12H7BrN4O3S/c1-6-9(13)11(18)16-12(14-6)21-10(15-16)7-2-4-8(5-3-7)17(19)20/h2-5H,1H3. The van der Waals surface area contributed by atoms with Crippen molar-refractivity contribution in [3.63, 3.8) is 0 Å². The molecule has 3 rings (SSSR count). The molecule has 0 fully saturated rings. The molecule has 0 aliphatic heterocycles. The smallest absolute Gasteiger partial charge is 0.266 e. The average molecular weight is 367 g/mol. The highest BCUT2D eigenvalue weighted by atomic mass is 79.9. The van der Waals surface area contributed by atoms with Crippen LogP contribution in [0, 0.1) is 17.0 Å². The summed E-state index contributed by atoms with van der Waals surface area (Å²) in [7, 11) is 0. The number of rotatable bonds is 2. The molecule has 0 atom stereocenters. The zero-order valence-corrected chi connectivity index (χ0v) is 13.0. The Balaban J connectivity index is 2.15. The Labute approximate surface area is 130 Å². The molecule has 0 aliphatic carbocycles. The van der Waals surface area contributed by atoms with Gasteiger partial charge in [0.2, 0.25) is 4.96 Å². The Morgan fingerprint density at radius 2 is 2.00 bits per heavy atom. The van der Waals surface area contributed by atoms with E-state index in [0.717, 1.165) is 0 Å². The number of non-ortho nitro benzene ring substituents is 1. The summed E-state index contributed by atoms with van der Waals surface area (Å²) in [6.45, 7) is 1.73. The molecule has 0 aliphatic rings. The van der Waals surface area contributed by atoms with Crippen LogP contribution in [0.25, 0.3) is 15.5 Å². The van der Waals surface area contributed by atoms with E-state index in [1.165, 1.54) is 28.0 Å². The predicted octanol–water partition coefficient (Wildman–Crippen LogP) is 2.80. The summed E-state index contributed by atoms with van der Waals surface area (Å²) < 4.78 is 1.60. The molecule has 3 aromatic rings. The van der Waals surface area contributed by atoms with Crippen LogP contribution in [-0.4, -0.2) is 19.5 Å². The number of halogens is 1. The Kier molecular flexibility index (Phi) is 3.30. The molecule has 0 saturated carbocycles. The van der Waals surface area contributed by atoms with Gasteiger partial charge in [-0.05, 0) is 35.0 Å². The van der Waals surface area contributed by atoms with Crippen LogP contribution in [0.15, 0.2) is 33.5 Å². The minimum atomic E-state index is -0.464. The lowest BCUT2D eigenvalue weighted by molar-refractivity contribution is -0.384. The van der Waals surface area contributed by atoms with Crippen LogP contribution in [0.4, 0.5) is 5.69 Å². The van der Waals surface area contributed by atoms with Crippen molar-refractivity contribution in [1.29, 1.82) is 0 Å². The van der Waals surface area contributed by atoms with Gasteiger partial charge in [-0.1, -0.05) is 11.3 Å². The summed E-state index contributed by atoms with van der Waals surface area (Å²) in [5.41, 5.74) is 1.03. The van der Waals surface area contributed by atoms with Crippen molar-refractivity contribution in [3.05, 3.63) is 54.9 Å². The largest absolute Gasteiger partial charge is 0.289 e. The fourth-order valence-electron chi connectivity index (χ4n) is 1.77. The van der Waals surface area contributed by atoms with E-state index in [-0.39, 0.29) is 11.2 Å². The van der Waals surface area contributed by atoms with Gasteiger partial charge in [-0.3, -0.25) is 14.9 Å². The summed E-state index contributed by atoms with van der Waals surface area (Å²) in [6, 6.07) is 6.00. The molecular formula is C12H7BrN4O3S. The second kappa shape index (κ2) is 5.01. The molecule has 9 heteroatoms. The third-order valence-electron chi connectivity index (χ3n) is 2.85. The van der Waals surface area contributed by atoms with Crippen LogP contribution in [0.3, 0.4) is 0 Å². The maximum atomic E-state index is 12.1. The van der Waals surface area contributed by atoms with Crippen molar-refractivity contribution in [3.8, 4) is 10.6 Å². The molecule has 0 radical (unpaired) electrons. The summed E-state index contributed by atoms with van der Waals surface area (Å²) in [6.07, 6.45) is 0. The molecular weight excluding hydrogens is 360 g/mol. The minimum Gasteiger partial charge on any atom is -0.266 e. The Morgan fingerprint density at radius 3 is 2.62 bits per heavy atom. The Hall–Kier alpha value is -2.13. The van der Waals surface area contributed by atoms with Crippen LogP contribution in [0.2, 0.25) is 0 Å². The van der Waals surface area contributed by atoms with Crippen LogP contribution >= 0.6 is 27.3 Å². The molecule has 1 aromatic carbocycles. The van der Waals surface area contributed by atoms with Crippen molar-refractivity contribution in [2.75, 3.05) is 0 Å². The van der Waals surface area contributed by atoms with E-state index >= 15 is 0 Å². The van der Waals surface area contributed by atoms with E-state index in [1.807, 2.05) is 0 Å². The predicted molar refractivity (Wildman–Crippen MR) is 81.7 cm³/mol. The molecule has 0 bridgehead atoms. The van der Waals surface area contributed by atoms with Gasteiger partial charge in [0, 0.05) is 17.7 Å². The third-order valence-corrected chi connectivity index (χ3v) is 4.72. The van der Waals surface area contributed by atoms with Crippen molar-refractivity contribution < 1.29 is 4.92 Å². The van der Waals surface area contributed by atoms with Crippen LogP contribution in [-0.2, 0) is 0 Å². The Morgan fingerprint density at radius 1 is 1.33 bits per heavy atom. The topological polar surface area (TPSA) is 90.4 Å². The van der Waals surface area contributed by atoms with E-state index in [2.05, 4.69) is 26.0 Å². The van der Waals surface area contributed by atoms with E-state index in [1.54, 1.807) is 19.1 Å². The molecule has 106 valence electrons. The fourth-order valence-corrected chi connectivity index (χ4v) is 2.97. The lowest BCUT2D eigenvalue weighted by atomic mass is 10.2. The second-order valence-corrected chi connectivity index (χ2v) is 5.97. The number of fused-ring (bicyclic) bond motifs is 1. The molecule has 21 heavy (non-hydrogen) atoms. The highest BCUT2D eigenvalue weighted by Gasteiger charge is 2.14. The SMILES string of the molecule is Cc1nc2sc(-c3ccc([N+](=O)[O-])cc3)nn2c(=O)c1Br. The van der Waals surface area contributed by atoms with Gasteiger partial charge in [-0.2, -0.15) is 9.61 Å². The second-order valence-electron chi connectivity index (χ2n) is 4.22. The molecule has 0 amide bonds. The van der Waals surface area contributed by atoms with E-state index < -0.39 is 4.92 Å². The number of hydrogen-bond donors (Lipinski definition) is 0. The summed E-state index contributed by atoms with van der Waals surface area (Å²) in [5, 5.41) is 15.4. The summed E-state index contributed by atoms with van der Waals surface area (Å²) in [5.74, 6) is 0. The lowest BCUT2D eigenvalue weighted by Crippen LogP contribution is -2.16. The number of aromatic nitrogens is 3. The van der Waals surface area contributed by atoms with Crippen LogP contribution in [0.1, 0.15) is 5.69 Å². The van der Waals surface area contributed by atoms with Gasteiger partial charge >= 0.3 is 0 Å². The normalized spacial score (nSPS) is 11.0. The number of nitrogens with zero attached hydrogens (tertiary/aromatic N) is 4. The van der Waals surface area contributed by atoms with Gasteiger partial charge in [0.05, 0.1) is 10.6 Å². The number of benzene rings is 1. The van der Waals surface area contributed by atoms with Crippen molar-refractivity contribution in [2.45, 2.75) is 6.92 Å². The summed E-state index contributed by atoms with van der Waals surface area (Å²) in [4.78, 5) is 27.0. The highest BCUT2D eigenvalue weighted by molar-refractivity contribution is 9.10. The van der Waals surface area contributed by atoms with Crippen LogP contribution in [0.5, 0.6) is 0 Å². The van der Waals surface area contributed by atoms with E-state index in [9.17, 15) is 14.9 Å². The average Bonchev–Trinajstić information content (AvgIpc) is 2.89. The van der Waals surface area contributed by atoms with Gasteiger partial charge < -0.3 is 0 Å². The van der Waals surface area contributed by atoms with Crippen LogP contribution < -0.4 is 5.56 Å². The zero-order valence-electron chi connectivity index (χ0n) is 10.6. The molecule has 0 N–H and O–H groups in total. The maximum absolute atomic E-state index is 12.1. The number of nitro groups is 1. The molecule has 7 nitrogen and oxygen atoms in total. The first-order valence-corrected chi connectivity index (χ1v) is 7.39. The molecule has 2 aromatic heterocycles. The molecule has 0 spiro atoms. The van der Waals surface area contributed by atoms with E-state index in [0.29, 0.717) is 25.7 Å². The van der Waals surface area contributed by atoms with E-state index in [4.69, 9.17) is 0 Å². The first kappa shape index (κ1) is 13.8. The maximum Gasteiger partial charge on any atom is 0.289 e. The van der Waals surface area contributed by atoms with Gasteiger partial charge in [0.1, 0.15) is 9.48 Å². The van der Waals surface area contributed by atoms with Crippen molar-refractivity contribution >= 4 is 37.9 Å². The fraction of sp³-hybridized carbons (Fsp3) is 0.0833. The highest BCUT2D eigenvalue weighted by Crippen LogP contribution is 2.26. The van der Waals surface area contributed by atoms with Gasteiger partial charge in [-0.15, -0.1) is 0 Å². The van der Waals surface area contributed by atoms with Gasteiger partial charge in [0.15, 0.2) is 0 Å². The zero-order chi connectivity index (χ0) is 15.1. The quantitative estimate of drug-likeness (QED) is 0.513. The first-order chi connectivity index (χ1) is 9.97. The molecule has 2 heterocycles. The minimum absolute atomic E-state index is 0.00809. The Bertz CT molecular complexity index is 917. The number of hydrogen-bond acceptors (Lipinski definition) is 6. The summed E-state index contributed by atoms with van der Waals surface area (Å²) >= 11 is 4.44. The monoisotopic (exact) mass is 366 g/mol. The van der Waals surface area contributed by atoms with Gasteiger partial charge in [0.25, 0.3) is 11.2 Å². The van der Waals surface area contributed by atoms with Crippen molar-refractivity contribution in [1.82, 2.24) is 14.6 Å². The number of nitro benzene ring substituents is 1. The van der Waals surface area contributed by atoms with Crippen molar-refractivity contribution in [2.24, 2.45) is 0 Å². The molecule has 0 unspecified atom stereocenters. The lowest BCUT2D eigenvalue weighted by Gasteiger charge is -1.95. The third kappa shape index (κ3) is 2.34. The molecule has 0 saturated heterocycles. The van der Waals surface area contributed by atoms with Gasteiger partial charge in [-0.25, -0.2) is 4.98 Å².